The minimum atomic E-state index is -0.667. The van der Waals surface area contributed by atoms with Crippen LogP contribution < -0.4 is 5.43 Å². The first-order chi connectivity index (χ1) is 11.9. The zero-order valence-corrected chi connectivity index (χ0v) is 14.0. The van der Waals surface area contributed by atoms with Crippen LogP contribution in [0.3, 0.4) is 0 Å². The molecule has 0 bridgehead atoms. The molecule has 1 aromatic carbocycles. The number of halogens is 2. The monoisotopic (exact) mass is 345 g/mol. The van der Waals surface area contributed by atoms with Gasteiger partial charge in [-0.25, -0.2) is 13.5 Å². The van der Waals surface area contributed by atoms with Gasteiger partial charge in [-0.15, -0.1) is 5.10 Å². The first-order valence-corrected chi connectivity index (χ1v) is 7.67. The molecule has 3 aromatic rings. The van der Waals surface area contributed by atoms with Gasteiger partial charge < -0.3 is 0 Å². The second-order valence-electron chi connectivity index (χ2n) is 5.77. The Morgan fingerprint density at radius 1 is 1.08 bits per heavy atom. The van der Waals surface area contributed by atoms with E-state index in [1.54, 1.807) is 11.6 Å². The molecule has 0 saturated heterocycles. The maximum absolute atomic E-state index is 13.8. The highest BCUT2D eigenvalue weighted by Crippen LogP contribution is 2.15. The van der Waals surface area contributed by atoms with Crippen molar-refractivity contribution in [2.24, 2.45) is 0 Å². The lowest BCUT2D eigenvalue weighted by molar-refractivity contribution is 0.100. The summed E-state index contributed by atoms with van der Waals surface area (Å²) in [7, 11) is 0. The molecular formula is C17H17F2N5O. The van der Waals surface area contributed by atoms with Crippen LogP contribution in [0.4, 0.5) is 8.78 Å². The van der Waals surface area contributed by atoms with E-state index >= 15 is 0 Å². The first-order valence-electron chi connectivity index (χ1n) is 7.67. The molecule has 0 radical (unpaired) electrons. The summed E-state index contributed by atoms with van der Waals surface area (Å²) in [6.45, 7) is 5.20. The molecule has 0 aliphatic rings. The summed E-state index contributed by atoms with van der Waals surface area (Å²) in [4.78, 5) is 12.4. The Hall–Kier alpha value is -3.03. The molecule has 0 atom stereocenters. The average molecular weight is 345 g/mol. The van der Waals surface area contributed by atoms with Crippen LogP contribution in [-0.4, -0.2) is 25.6 Å². The molecule has 0 fully saturated rings. The fourth-order valence-corrected chi connectivity index (χ4v) is 2.55. The van der Waals surface area contributed by atoms with E-state index in [0.717, 1.165) is 11.4 Å². The lowest BCUT2D eigenvalue weighted by Crippen LogP contribution is -2.25. The molecule has 1 N–H and O–H groups in total. The maximum Gasteiger partial charge on any atom is 0.292 e. The molecule has 2 aromatic heterocycles. The van der Waals surface area contributed by atoms with Crippen molar-refractivity contribution < 1.29 is 13.6 Å². The van der Waals surface area contributed by atoms with Crippen LogP contribution in [-0.2, 0) is 6.54 Å². The van der Waals surface area contributed by atoms with Crippen molar-refractivity contribution in [1.82, 2.24) is 19.7 Å². The van der Waals surface area contributed by atoms with Gasteiger partial charge in [0.15, 0.2) is 5.69 Å². The van der Waals surface area contributed by atoms with Gasteiger partial charge in [-0.1, -0.05) is 11.3 Å². The fourth-order valence-electron chi connectivity index (χ4n) is 2.55. The lowest BCUT2D eigenvalue weighted by atomic mass is 10.2. The molecule has 8 heteroatoms. The van der Waals surface area contributed by atoms with Gasteiger partial charge in [0.05, 0.1) is 12.2 Å². The molecule has 6 nitrogen and oxygen atoms in total. The molecule has 0 aliphatic carbocycles. The number of aromatic nitrogens is 4. The van der Waals surface area contributed by atoms with E-state index < -0.39 is 17.5 Å². The number of amides is 1. The van der Waals surface area contributed by atoms with E-state index in [4.69, 9.17) is 0 Å². The summed E-state index contributed by atoms with van der Waals surface area (Å²) in [5.41, 5.74) is 4.85. The van der Waals surface area contributed by atoms with Crippen molar-refractivity contribution in [3.05, 3.63) is 70.3 Å². The number of nitrogens with zero attached hydrogens (tertiary/aromatic N) is 4. The van der Waals surface area contributed by atoms with Crippen LogP contribution in [0.1, 0.15) is 33.1 Å². The molecule has 2 heterocycles. The zero-order chi connectivity index (χ0) is 18.1. The third kappa shape index (κ3) is 3.15. The van der Waals surface area contributed by atoms with Gasteiger partial charge in [-0.3, -0.25) is 14.9 Å². The number of aryl methyl sites for hydroxylation is 2. The van der Waals surface area contributed by atoms with Crippen molar-refractivity contribution in [2.45, 2.75) is 27.3 Å². The van der Waals surface area contributed by atoms with Gasteiger partial charge in [-0.2, -0.15) is 0 Å². The smallest absolute Gasteiger partial charge is 0.265 e. The zero-order valence-electron chi connectivity index (χ0n) is 14.0. The van der Waals surface area contributed by atoms with Gasteiger partial charge in [-0.05, 0) is 45.0 Å². The van der Waals surface area contributed by atoms with Crippen LogP contribution in [0.2, 0.25) is 0 Å². The number of hydrogen-bond acceptors (Lipinski definition) is 3. The summed E-state index contributed by atoms with van der Waals surface area (Å²) < 4.78 is 30.5. The summed E-state index contributed by atoms with van der Waals surface area (Å²) in [6.07, 6.45) is 0. The van der Waals surface area contributed by atoms with E-state index in [1.807, 2.05) is 26.0 Å². The van der Waals surface area contributed by atoms with Crippen molar-refractivity contribution in [3.63, 3.8) is 0 Å². The molecule has 0 saturated carbocycles. The number of rotatable bonds is 4. The van der Waals surface area contributed by atoms with Crippen molar-refractivity contribution in [2.75, 3.05) is 5.43 Å². The van der Waals surface area contributed by atoms with E-state index in [-0.39, 0.29) is 17.8 Å². The standard InChI is InChI=1S/C17H17F2N5O/c1-10-7-8-11(2)24(10)21-17(25)16-12(3)23(22-20-16)9-13-14(18)5-4-6-15(13)19/h4-8H,9H2,1-3H3,(H,21,25). The Morgan fingerprint density at radius 2 is 1.68 bits per heavy atom. The summed E-state index contributed by atoms with van der Waals surface area (Å²) in [5, 5.41) is 7.71. The second-order valence-corrected chi connectivity index (χ2v) is 5.77. The van der Waals surface area contributed by atoms with Crippen LogP contribution in [0.25, 0.3) is 0 Å². The fraction of sp³-hybridized carbons (Fsp3) is 0.235. The quantitative estimate of drug-likeness (QED) is 0.791. The Labute approximate surface area is 143 Å². The van der Waals surface area contributed by atoms with E-state index in [1.165, 1.54) is 22.9 Å². The Morgan fingerprint density at radius 3 is 2.28 bits per heavy atom. The van der Waals surface area contributed by atoms with Gasteiger partial charge in [0.2, 0.25) is 0 Å². The Kier molecular flexibility index (Phi) is 4.35. The molecule has 130 valence electrons. The van der Waals surface area contributed by atoms with Crippen LogP contribution >= 0.6 is 0 Å². The van der Waals surface area contributed by atoms with Gasteiger partial charge >= 0.3 is 0 Å². The lowest BCUT2D eigenvalue weighted by Gasteiger charge is -2.10. The highest BCUT2D eigenvalue weighted by Gasteiger charge is 2.19. The topological polar surface area (TPSA) is 64.7 Å². The molecule has 0 aliphatic heterocycles. The van der Waals surface area contributed by atoms with Crippen LogP contribution in [0.5, 0.6) is 0 Å². The molecule has 0 unspecified atom stereocenters. The maximum atomic E-state index is 13.8. The molecular weight excluding hydrogens is 328 g/mol. The molecule has 3 rings (SSSR count). The normalized spacial score (nSPS) is 10.9. The van der Waals surface area contributed by atoms with Crippen LogP contribution in [0.15, 0.2) is 30.3 Å². The minimum Gasteiger partial charge on any atom is -0.265 e. The Bertz CT molecular complexity index is 905. The van der Waals surface area contributed by atoms with E-state index in [2.05, 4.69) is 15.7 Å². The average Bonchev–Trinajstić information content (AvgIpc) is 3.08. The second kappa shape index (κ2) is 6.46. The molecule has 1 amide bonds. The highest BCUT2D eigenvalue weighted by molar-refractivity contribution is 5.99. The van der Waals surface area contributed by atoms with Crippen molar-refractivity contribution in [3.8, 4) is 0 Å². The SMILES string of the molecule is Cc1c(C(=O)Nn2c(C)ccc2C)nnn1Cc1c(F)cccc1F. The van der Waals surface area contributed by atoms with E-state index in [9.17, 15) is 13.6 Å². The summed E-state index contributed by atoms with van der Waals surface area (Å²) in [5.74, 6) is -1.78. The minimum absolute atomic E-state index is 0.101. The highest BCUT2D eigenvalue weighted by atomic mass is 19.1. The van der Waals surface area contributed by atoms with Gasteiger partial charge in [0.1, 0.15) is 11.6 Å². The molecule has 25 heavy (non-hydrogen) atoms. The number of hydrogen-bond donors (Lipinski definition) is 1. The van der Waals surface area contributed by atoms with Gasteiger partial charge in [0.25, 0.3) is 5.91 Å². The Balaban J connectivity index is 1.85. The summed E-state index contributed by atoms with van der Waals surface area (Å²) >= 11 is 0. The van der Waals surface area contributed by atoms with Crippen molar-refractivity contribution >= 4 is 5.91 Å². The van der Waals surface area contributed by atoms with Gasteiger partial charge in [0, 0.05) is 17.0 Å². The van der Waals surface area contributed by atoms with E-state index in [0.29, 0.717) is 5.69 Å². The largest absolute Gasteiger partial charge is 0.292 e. The number of carbonyl (C=O) groups excluding carboxylic acids is 1. The summed E-state index contributed by atoms with van der Waals surface area (Å²) in [6, 6.07) is 7.40. The number of nitrogens with one attached hydrogen (secondary N) is 1. The third-order valence-corrected chi connectivity index (χ3v) is 4.05. The third-order valence-electron chi connectivity index (χ3n) is 4.05. The predicted molar refractivity (Wildman–Crippen MR) is 87.8 cm³/mol. The van der Waals surface area contributed by atoms with Crippen molar-refractivity contribution in [1.29, 1.82) is 0 Å². The molecule has 0 spiro atoms. The first kappa shape index (κ1) is 16.8. The van der Waals surface area contributed by atoms with Crippen LogP contribution in [0, 0.1) is 32.4 Å². The number of benzene rings is 1. The predicted octanol–water partition coefficient (Wildman–Crippen LogP) is 2.72. The number of carbonyl (C=O) groups is 1.